The molecule has 2 aromatic carbocycles. The zero-order valence-electron chi connectivity index (χ0n) is 26.1. The fraction of sp³-hybridized carbons (Fsp3) is 0.487. The molecule has 0 nitrogen and oxygen atoms in total. The van der Waals surface area contributed by atoms with Crippen LogP contribution in [-0.4, -0.2) is 8.07 Å². The highest BCUT2D eigenvalue weighted by atomic mass is 28.3. The highest BCUT2D eigenvalue weighted by Crippen LogP contribution is 2.64. The lowest BCUT2D eigenvalue weighted by Crippen LogP contribution is -2.45. The Balaban J connectivity index is 1.27. The first-order valence-electron chi connectivity index (χ1n) is 15.9. The maximum Gasteiger partial charge on any atom is 0.0553 e. The smallest absolute Gasteiger partial charge is 0.0553 e. The maximum atomic E-state index is 2.78. The summed E-state index contributed by atoms with van der Waals surface area (Å²) >= 11 is 0. The van der Waals surface area contributed by atoms with E-state index in [0.29, 0.717) is 23.7 Å². The van der Waals surface area contributed by atoms with Gasteiger partial charge in [0.1, 0.15) is 0 Å². The second-order valence-corrected chi connectivity index (χ2v) is 20.3. The third-order valence-corrected chi connectivity index (χ3v) is 16.8. The van der Waals surface area contributed by atoms with Gasteiger partial charge >= 0.3 is 0 Å². The lowest BCUT2D eigenvalue weighted by atomic mass is 9.80. The fourth-order valence-electron chi connectivity index (χ4n) is 9.88. The maximum absolute atomic E-state index is 2.78. The van der Waals surface area contributed by atoms with E-state index in [0.717, 1.165) is 22.9 Å². The van der Waals surface area contributed by atoms with Crippen LogP contribution in [0, 0.1) is 42.4 Å². The highest BCUT2D eigenvalue weighted by Gasteiger charge is 2.57. The quantitative estimate of drug-likeness (QED) is 0.335. The summed E-state index contributed by atoms with van der Waals surface area (Å²) in [6.07, 6.45) is 17.6. The molecule has 0 radical (unpaired) electrons. The number of hydrogen-bond acceptors (Lipinski definition) is 0. The van der Waals surface area contributed by atoms with E-state index >= 15 is 0 Å². The molecule has 0 heterocycles. The Morgan fingerprint density at radius 2 is 1.07 bits per heavy atom. The van der Waals surface area contributed by atoms with Crippen LogP contribution in [0.2, 0.25) is 24.2 Å². The largest absolute Gasteiger partial charge is 0.0808 e. The molecule has 0 N–H and O–H groups in total. The monoisotopic (exact) mass is 546 g/mol. The minimum absolute atomic E-state index is 0.197. The van der Waals surface area contributed by atoms with E-state index in [9.17, 15) is 0 Å². The van der Waals surface area contributed by atoms with Crippen molar-refractivity contribution in [3.8, 4) is 0 Å². The molecule has 0 aromatic heterocycles. The predicted molar refractivity (Wildman–Crippen MR) is 177 cm³/mol. The van der Waals surface area contributed by atoms with Gasteiger partial charge < -0.3 is 0 Å². The molecule has 40 heavy (non-hydrogen) atoms. The summed E-state index contributed by atoms with van der Waals surface area (Å²) in [5, 5.41) is 0. The first-order valence-corrected chi connectivity index (χ1v) is 19.1. The summed E-state index contributed by atoms with van der Waals surface area (Å²) in [6.45, 7) is 19.9. The van der Waals surface area contributed by atoms with Crippen LogP contribution in [0.1, 0.15) is 69.7 Å². The minimum atomic E-state index is -1.64. The molecule has 0 spiro atoms. The standard InChI is InChI=1S/C39H50Si/c1-25-15-17-28(18-16-25)31-11-9-13-33-35(31)23-26(2)37(33)40(7,8)38-27(3)24-36-32(12-10-14-34(36)38)29-19-21-30(22-20-29)39(4,5)6/h9-22,26-27,33-38H,23-24H2,1-8H3. The Kier molecular flexibility index (Phi) is 7.05. The molecule has 1 heteroatoms. The van der Waals surface area contributed by atoms with Gasteiger partial charge in [0.15, 0.2) is 0 Å². The summed E-state index contributed by atoms with van der Waals surface area (Å²) in [5.41, 5.74) is 10.7. The van der Waals surface area contributed by atoms with Gasteiger partial charge in [-0.05, 0) is 99.6 Å². The zero-order valence-corrected chi connectivity index (χ0v) is 27.1. The van der Waals surface area contributed by atoms with Crippen LogP contribution in [0.15, 0.2) is 85.0 Å². The molecule has 6 rings (SSSR count). The van der Waals surface area contributed by atoms with Crippen molar-refractivity contribution >= 4 is 19.2 Å². The molecule has 0 aliphatic heterocycles. The molecule has 4 aliphatic carbocycles. The average Bonchev–Trinajstić information content (AvgIpc) is 3.44. The molecule has 8 atom stereocenters. The number of rotatable bonds is 4. The summed E-state index contributed by atoms with van der Waals surface area (Å²) in [6, 6.07) is 18.8. The minimum Gasteiger partial charge on any atom is -0.0808 e. The van der Waals surface area contributed by atoms with E-state index in [1.54, 1.807) is 11.1 Å². The second kappa shape index (κ2) is 10.2. The van der Waals surface area contributed by atoms with Crippen molar-refractivity contribution < 1.29 is 0 Å². The number of allylic oxidation sites excluding steroid dienone is 8. The molecular formula is C39H50Si. The second-order valence-electron chi connectivity index (χ2n) is 15.4. The van der Waals surface area contributed by atoms with Gasteiger partial charge in [-0.25, -0.2) is 0 Å². The van der Waals surface area contributed by atoms with E-state index in [1.165, 1.54) is 35.1 Å². The van der Waals surface area contributed by atoms with Gasteiger partial charge in [0.25, 0.3) is 0 Å². The van der Waals surface area contributed by atoms with Crippen molar-refractivity contribution in [1.82, 2.24) is 0 Å². The number of benzene rings is 2. The Bertz CT molecular complexity index is 1360. The van der Waals surface area contributed by atoms with Gasteiger partial charge in [0, 0.05) is 0 Å². The molecule has 2 aromatic rings. The van der Waals surface area contributed by atoms with Crippen molar-refractivity contribution in [3.05, 3.63) is 107 Å². The Hall–Kier alpha value is -2.38. The van der Waals surface area contributed by atoms with Gasteiger partial charge in [0.2, 0.25) is 0 Å². The fourth-order valence-corrected chi connectivity index (χ4v) is 16.2. The van der Waals surface area contributed by atoms with Crippen LogP contribution in [0.5, 0.6) is 0 Å². The van der Waals surface area contributed by atoms with Gasteiger partial charge in [-0.2, -0.15) is 0 Å². The van der Waals surface area contributed by atoms with Gasteiger partial charge in [-0.1, -0.05) is 138 Å². The molecule has 0 bridgehead atoms. The average molecular weight is 547 g/mol. The summed E-state index contributed by atoms with van der Waals surface area (Å²) < 4.78 is 0. The predicted octanol–water partition coefficient (Wildman–Crippen LogP) is 10.9. The molecule has 210 valence electrons. The summed E-state index contributed by atoms with van der Waals surface area (Å²) in [4.78, 5) is 0. The molecule has 8 unspecified atom stereocenters. The first-order chi connectivity index (χ1) is 19.0. The van der Waals surface area contributed by atoms with Crippen LogP contribution < -0.4 is 0 Å². The van der Waals surface area contributed by atoms with Crippen LogP contribution in [0.25, 0.3) is 11.1 Å². The number of fused-ring (bicyclic) bond motifs is 2. The SMILES string of the molecule is Cc1ccc(C2=CC=CC3C2CC(C)C3[Si](C)(C)C2C(C)CC3C(c4ccc(C(C)(C)C)cc4)=CC=CC32)cc1. The van der Waals surface area contributed by atoms with E-state index in [1.807, 2.05) is 0 Å². The topological polar surface area (TPSA) is 0 Å². The Morgan fingerprint density at radius 1 is 0.650 bits per heavy atom. The molecule has 2 saturated carbocycles. The van der Waals surface area contributed by atoms with Crippen molar-refractivity contribution in [1.29, 1.82) is 0 Å². The molecule has 0 saturated heterocycles. The van der Waals surface area contributed by atoms with Crippen LogP contribution in [0.4, 0.5) is 0 Å². The summed E-state index contributed by atoms with van der Waals surface area (Å²) in [5.74, 6) is 4.27. The van der Waals surface area contributed by atoms with Crippen LogP contribution in [-0.2, 0) is 5.41 Å². The van der Waals surface area contributed by atoms with E-state index in [2.05, 4.69) is 140 Å². The Morgan fingerprint density at radius 3 is 1.50 bits per heavy atom. The third kappa shape index (κ3) is 4.67. The van der Waals surface area contributed by atoms with E-state index in [4.69, 9.17) is 0 Å². The van der Waals surface area contributed by atoms with E-state index < -0.39 is 8.07 Å². The third-order valence-electron chi connectivity index (χ3n) is 11.4. The number of hydrogen-bond donors (Lipinski definition) is 0. The summed E-state index contributed by atoms with van der Waals surface area (Å²) in [7, 11) is -1.64. The van der Waals surface area contributed by atoms with E-state index in [-0.39, 0.29) is 5.41 Å². The van der Waals surface area contributed by atoms with Crippen LogP contribution in [0.3, 0.4) is 0 Å². The van der Waals surface area contributed by atoms with Crippen molar-refractivity contribution in [2.24, 2.45) is 35.5 Å². The zero-order chi connectivity index (χ0) is 28.4. The van der Waals surface area contributed by atoms with Gasteiger partial charge in [0.05, 0.1) is 8.07 Å². The van der Waals surface area contributed by atoms with Gasteiger partial charge in [-0.3, -0.25) is 0 Å². The van der Waals surface area contributed by atoms with Gasteiger partial charge in [-0.15, -0.1) is 0 Å². The van der Waals surface area contributed by atoms with Crippen molar-refractivity contribution in [2.45, 2.75) is 84.0 Å². The first kappa shape index (κ1) is 27.8. The molecule has 0 amide bonds. The van der Waals surface area contributed by atoms with Crippen molar-refractivity contribution in [2.75, 3.05) is 0 Å². The lowest BCUT2D eigenvalue weighted by Gasteiger charge is -2.46. The highest BCUT2D eigenvalue weighted by molar-refractivity contribution is 6.80. The molecule has 4 aliphatic rings. The van der Waals surface area contributed by atoms with Crippen LogP contribution >= 0.6 is 0 Å². The molecule has 2 fully saturated rings. The normalized spacial score (nSPS) is 33.4. The molecular weight excluding hydrogens is 497 g/mol. The Labute approximate surface area is 245 Å². The lowest BCUT2D eigenvalue weighted by molar-refractivity contribution is 0.495. The number of aryl methyl sites for hydroxylation is 1. The van der Waals surface area contributed by atoms with Crippen molar-refractivity contribution in [3.63, 3.8) is 0 Å².